The first-order chi connectivity index (χ1) is 8.90. The molecule has 0 aliphatic rings. The molecule has 0 spiro atoms. The van der Waals surface area contributed by atoms with Crippen LogP contribution in [0.25, 0.3) is 6.08 Å². The number of hydrogen-bond donors (Lipinski definition) is 3. The molecule has 0 saturated heterocycles. The Labute approximate surface area is 109 Å². The smallest absolute Gasteiger partial charge is 0.328 e. The predicted octanol–water partition coefficient (Wildman–Crippen LogP) is 0.789. The number of carboxylic acid groups (broad SMARTS) is 1. The third kappa shape index (κ3) is 4.89. The fourth-order valence-corrected chi connectivity index (χ4v) is 1.37. The van der Waals surface area contributed by atoms with Crippen molar-refractivity contribution in [3.63, 3.8) is 0 Å². The number of amides is 1. The molecular formula is C13H14FNO4. The van der Waals surface area contributed by atoms with E-state index in [-0.39, 0.29) is 0 Å². The van der Waals surface area contributed by atoms with Crippen LogP contribution in [0.5, 0.6) is 0 Å². The van der Waals surface area contributed by atoms with Gasteiger partial charge < -0.3 is 15.5 Å². The van der Waals surface area contributed by atoms with Gasteiger partial charge in [0.15, 0.2) is 6.04 Å². The first kappa shape index (κ1) is 14.8. The van der Waals surface area contributed by atoms with Gasteiger partial charge in [-0.2, -0.15) is 0 Å². The van der Waals surface area contributed by atoms with Crippen LogP contribution in [0.1, 0.15) is 12.5 Å². The van der Waals surface area contributed by atoms with Crippen LogP contribution in [0.3, 0.4) is 0 Å². The number of nitrogens with one attached hydrogen (secondary N) is 1. The monoisotopic (exact) mass is 267 g/mol. The van der Waals surface area contributed by atoms with E-state index in [1.807, 2.05) is 0 Å². The van der Waals surface area contributed by atoms with Crippen molar-refractivity contribution in [1.29, 1.82) is 0 Å². The van der Waals surface area contributed by atoms with Crippen LogP contribution in [0.4, 0.5) is 4.39 Å². The summed E-state index contributed by atoms with van der Waals surface area (Å²) in [6.07, 6.45) is 1.20. The second-order valence-electron chi connectivity index (χ2n) is 3.95. The van der Waals surface area contributed by atoms with E-state index in [0.29, 0.717) is 5.56 Å². The Kier molecular flexibility index (Phi) is 5.20. The van der Waals surface area contributed by atoms with Gasteiger partial charge in [-0.3, -0.25) is 4.79 Å². The van der Waals surface area contributed by atoms with Crippen LogP contribution in [0.2, 0.25) is 0 Å². The average molecular weight is 267 g/mol. The van der Waals surface area contributed by atoms with Crippen LogP contribution in [-0.4, -0.2) is 34.2 Å². The van der Waals surface area contributed by atoms with Crippen LogP contribution in [0, 0.1) is 5.82 Å². The maximum atomic E-state index is 12.9. The first-order valence-corrected chi connectivity index (χ1v) is 5.55. The fraction of sp³-hybridized carbons (Fsp3) is 0.231. The molecule has 0 heterocycles. The molecule has 5 nitrogen and oxygen atoms in total. The molecule has 1 aromatic rings. The van der Waals surface area contributed by atoms with Gasteiger partial charge >= 0.3 is 5.97 Å². The Hall–Kier alpha value is -2.21. The second kappa shape index (κ2) is 6.65. The minimum absolute atomic E-state index is 0.435. The van der Waals surface area contributed by atoms with Crippen LogP contribution >= 0.6 is 0 Å². The van der Waals surface area contributed by atoms with Crippen molar-refractivity contribution in [3.05, 3.63) is 41.7 Å². The number of benzene rings is 1. The number of aliphatic hydroxyl groups excluding tert-OH is 1. The third-order valence-corrected chi connectivity index (χ3v) is 2.32. The summed E-state index contributed by atoms with van der Waals surface area (Å²) in [5.41, 5.74) is 0.471. The zero-order valence-electron chi connectivity index (χ0n) is 10.2. The Morgan fingerprint density at radius 1 is 1.42 bits per heavy atom. The van der Waals surface area contributed by atoms with E-state index in [2.05, 4.69) is 5.32 Å². The van der Waals surface area contributed by atoms with Crippen LogP contribution in [0.15, 0.2) is 30.3 Å². The highest BCUT2D eigenvalue weighted by atomic mass is 19.1. The third-order valence-electron chi connectivity index (χ3n) is 2.32. The Morgan fingerprint density at radius 2 is 2.11 bits per heavy atom. The number of hydrogen-bond acceptors (Lipinski definition) is 3. The Bertz CT molecular complexity index is 499. The highest BCUT2D eigenvalue weighted by molar-refractivity contribution is 5.94. The summed E-state index contributed by atoms with van der Waals surface area (Å²) < 4.78 is 12.9. The van der Waals surface area contributed by atoms with Crippen molar-refractivity contribution in [2.75, 3.05) is 0 Å². The number of rotatable bonds is 5. The lowest BCUT2D eigenvalue weighted by Gasteiger charge is -2.15. The van der Waals surface area contributed by atoms with Crippen molar-refractivity contribution >= 4 is 18.0 Å². The number of carbonyl (C=O) groups is 2. The molecule has 0 aliphatic carbocycles. The summed E-state index contributed by atoms with van der Waals surface area (Å²) in [7, 11) is 0. The SMILES string of the molecule is C[C@@H](O)[C@H](NC(=O)/C=C/c1cccc(F)c1)C(=O)O. The lowest BCUT2D eigenvalue weighted by atomic mass is 10.1. The van der Waals surface area contributed by atoms with E-state index < -0.39 is 29.8 Å². The molecule has 3 N–H and O–H groups in total. The van der Waals surface area contributed by atoms with Gasteiger partial charge in [0.25, 0.3) is 0 Å². The minimum atomic E-state index is -1.38. The highest BCUT2D eigenvalue weighted by Gasteiger charge is 2.23. The van der Waals surface area contributed by atoms with E-state index in [0.717, 1.165) is 6.08 Å². The topological polar surface area (TPSA) is 86.6 Å². The summed E-state index contributed by atoms with van der Waals surface area (Å²) in [6, 6.07) is 4.20. The lowest BCUT2D eigenvalue weighted by Crippen LogP contribution is -2.47. The molecule has 0 unspecified atom stereocenters. The van der Waals surface area contributed by atoms with Crippen molar-refractivity contribution in [2.45, 2.75) is 19.1 Å². The normalized spacial score (nSPS) is 14.1. The molecule has 102 valence electrons. The summed E-state index contributed by atoms with van der Waals surface area (Å²) >= 11 is 0. The molecule has 0 radical (unpaired) electrons. The fourth-order valence-electron chi connectivity index (χ4n) is 1.37. The largest absolute Gasteiger partial charge is 0.480 e. The maximum Gasteiger partial charge on any atom is 0.328 e. The van der Waals surface area contributed by atoms with Gasteiger partial charge in [0, 0.05) is 6.08 Å². The molecule has 6 heteroatoms. The summed E-state index contributed by atoms with van der Waals surface area (Å²) in [4.78, 5) is 22.2. The highest BCUT2D eigenvalue weighted by Crippen LogP contribution is 2.05. The molecule has 0 fully saturated rings. The van der Waals surface area contributed by atoms with E-state index >= 15 is 0 Å². The van der Waals surface area contributed by atoms with E-state index in [4.69, 9.17) is 5.11 Å². The molecule has 1 aromatic carbocycles. The molecule has 19 heavy (non-hydrogen) atoms. The maximum absolute atomic E-state index is 12.9. The predicted molar refractivity (Wildman–Crippen MR) is 66.7 cm³/mol. The molecule has 1 amide bonds. The molecule has 0 saturated carbocycles. The average Bonchev–Trinajstić information content (AvgIpc) is 2.32. The number of carboxylic acids is 1. The van der Waals surface area contributed by atoms with Gasteiger partial charge in [-0.1, -0.05) is 12.1 Å². The molecule has 0 bridgehead atoms. The van der Waals surface area contributed by atoms with Crippen molar-refractivity contribution in [2.24, 2.45) is 0 Å². The van der Waals surface area contributed by atoms with Crippen molar-refractivity contribution < 1.29 is 24.2 Å². The van der Waals surface area contributed by atoms with Gasteiger partial charge in [0.1, 0.15) is 5.82 Å². The standard InChI is InChI=1S/C13H14FNO4/c1-8(16)12(13(18)19)15-11(17)6-5-9-3-2-4-10(14)7-9/h2-8,12,16H,1H3,(H,15,17)(H,18,19)/b6-5+/t8-,12+/m1/s1. The van der Waals surface area contributed by atoms with Gasteiger partial charge in [0.2, 0.25) is 5.91 Å². The van der Waals surface area contributed by atoms with Gasteiger partial charge in [0.05, 0.1) is 6.10 Å². The molecule has 1 rings (SSSR count). The Balaban J connectivity index is 2.67. The van der Waals surface area contributed by atoms with Crippen molar-refractivity contribution in [3.8, 4) is 0 Å². The van der Waals surface area contributed by atoms with E-state index in [1.165, 1.54) is 31.2 Å². The van der Waals surface area contributed by atoms with Crippen LogP contribution < -0.4 is 5.32 Å². The zero-order valence-corrected chi connectivity index (χ0v) is 10.2. The number of aliphatic hydroxyl groups is 1. The molecule has 0 aromatic heterocycles. The van der Waals surface area contributed by atoms with E-state index in [9.17, 15) is 19.1 Å². The second-order valence-corrected chi connectivity index (χ2v) is 3.95. The van der Waals surface area contributed by atoms with Gasteiger partial charge in [-0.05, 0) is 30.7 Å². The number of carbonyl (C=O) groups excluding carboxylic acids is 1. The van der Waals surface area contributed by atoms with Crippen molar-refractivity contribution in [1.82, 2.24) is 5.32 Å². The van der Waals surface area contributed by atoms with Crippen LogP contribution in [-0.2, 0) is 9.59 Å². The minimum Gasteiger partial charge on any atom is -0.480 e. The zero-order chi connectivity index (χ0) is 14.4. The molecule has 2 atom stereocenters. The molecular weight excluding hydrogens is 253 g/mol. The number of halogens is 1. The summed E-state index contributed by atoms with van der Waals surface area (Å²) in [6.45, 7) is 1.26. The summed E-state index contributed by atoms with van der Waals surface area (Å²) in [5.74, 6) is -2.45. The van der Waals surface area contributed by atoms with E-state index in [1.54, 1.807) is 6.07 Å². The summed E-state index contributed by atoms with van der Waals surface area (Å²) in [5, 5.41) is 20.1. The quantitative estimate of drug-likeness (QED) is 0.688. The molecule has 0 aliphatic heterocycles. The Morgan fingerprint density at radius 3 is 2.63 bits per heavy atom. The van der Waals surface area contributed by atoms with Gasteiger partial charge in [-0.15, -0.1) is 0 Å². The number of aliphatic carboxylic acids is 1. The lowest BCUT2D eigenvalue weighted by molar-refractivity contribution is -0.144. The first-order valence-electron chi connectivity index (χ1n) is 5.55. The van der Waals surface area contributed by atoms with Gasteiger partial charge in [-0.25, -0.2) is 9.18 Å².